The van der Waals surface area contributed by atoms with Gasteiger partial charge in [-0.05, 0) is 24.6 Å². The predicted octanol–water partition coefficient (Wildman–Crippen LogP) is 2.32. The second-order valence-electron chi connectivity index (χ2n) is 3.99. The summed E-state index contributed by atoms with van der Waals surface area (Å²) in [6.45, 7) is 5.97. The number of carbonyl (C=O) groups is 2. The Bertz CT molecular complexity index is 522. The summed E-state index contributed by atoms with van der Waals surface area (Å²) in [7, 11) is 0. The lowest BCUT2D eigenvalue weighted by Crippen LogP contribution is -2.31. The lowest BCUT2D eigenvalue weighted by molar-refractivity contribution is -0.114. The van der Waals surface area contributed by atoms with Gasteiger partial charge in [0.1, 0.15) is 5.82 Å². The normalized spacial score (nSPS) is 14.1. The van der Waals surface area contributed by atoms with E-state index in [1.165, 1.54) is 23.1 Å². The Labute approximate surface area is 98.5 Å². The van der Waals surface area contributed by atoms with E-state index in [1.54, 1.807) is 0 Å². The van der Waals surface area contributed by atoms with Crippen molar-refractivity contribution in [1.29, 1.82) is 0 Å². The average Bonchev–Trinajstić information content (AvgIpc) is 2.54. The highest BCUT2D eigenvalue weighted by Gasteiger charge is 2.35. The molecule has 17 heavy (non-hydrogen) atoms. The minimum atomic E-state index is -0.611. The van der Waals surface area contributed by atoms with E-state index < -0.39 is 17.5 Å². The standard InChI is InChI=1S/C13H12FNO2/c1-3-8(2)7-15-11-6-9(14)4-5-10(11)12(16)13(15)17/h4-6H,2-3,7H2,1H3. The summed E-state index contributed by atoms with van der Waals surface area (Å²) in [6, 6.07) is 3.74. The van der Waals surface area contributed by atoms with Gasteiger partial charge in [0, 0.05) is 6.54 Å². The van der Waals surface area contributed by atoms with Gasteiger partial charge in [0.05, 0.1) is 11.3 Å². The number of halogens is 1. The van der Waals surface area contributed by atoms with E-state index in [1.807, 2.05) is 6.92 Å². The monoisotopic (exact) mass is 233 g/mol. The highest BCUT2D eigenvalue weighted by molar-refractivity contribution is 6.52. The predicted molar refractivity (Wildman–Crippen MR) is 62.5 cm³/mol. The molecule has 0 saturated heterocycles. The largest absolute Gasteiger partial charge is 0.301 e. The third-order valence-electron chi connectivity index (χ3n) is 2.82. The molecule has 0 N–H and O–H groups in total. The minimum Gasteiger partial charge on any atom is -0.301 e. The van der Waals surface area contributed by atoms with Crippen molar-refractivity contribution in [2.45, 2.75) is 13.3 Å². The summed E-state index contributed by atoms with van der Waals surface area (Å²) >= 11 is 0. The van der Waals surface area contributed by atoms with Gasteiger partial charge in [-0.15, -0.1) is 0 Å². The third-order valence-corrected chi connectivity index (χ3v) is 2.82. The zero-order valence-electron chi connectivity index (χ0n) is 9.50. The fourth-order valence-corrected chi connectivity index (χ4v) is 1.76. The molecule has 0 radical (unpaired) electrons. The topological polar surface area (TPSA) is 37.4 Å². The average molecular weight is 233 g/mol. The maximum atomic E-state index is 13.1. The smallest absolute Gasteiger partial charge is 0.299 e. The van der Waals surface area contributed by atoms with Gasteiger partial charge in [-0.1, -0.05) is 19.1 Å². The zero-order chi connectivity index (χ0) is 12.6. The van der Waals surface area contributed by atoms with Crippen LogP contribution in [0.4, 0.5) is 10.1 Å². The van der Waals surface area contributed by atoms with Gasteiger partial charge in [-0.2, -0.15) is 0 Å². The van der Waals surface area contributed by atoms with Crippen molar-refractivity contribution in [1.82, 2.24) is 0 Å². The van der Waals surface area contributed by atoms with Crippen molar-refractivity contribution in [3.8, 4) is 0 Å². The molecule has 3 nitrogen and oxygen atoms in total. The van der Waals surface area contributed by atoms with Crippen molar-refractivity contribution in [2.24, 2.45) is 0 Å². The quantitative estimate of drug-likeness (QED) is 0.593. The van der Waals surface area contributed by atoms with Gasteiger partial charge < -0.3 is 4.90 Å². The van der Waals surface area contributed by atoms with Crippen molar-refractivity contribution in [3.63, 3.8) is 0 Å². The van der Waals surface area contributed by atoms with E-state index in [4.69, 9.17) is 0 Å². The van der Waals surface area contributed by atoms with E-state index in [-0.39, 0.29) is 12.1 Å². The first-order valence-electron chi connectivity index (χ1n) is 5.37. The molecule has 1 aromatic rings. The zero-order valence-corrected chi connectivity index (χ0v) is 9.50. The molecule has 0 spiro atoms. The lowest BCUT2D eigenvalue weighted by Gasteiger charge is -2.17. The molecule has 0 fully saturated rings. The van der Waals surface area contributed by atoms with Crippen LogP contribution in [0.1, 0.15) is 23.7 Å². The first-order chi connectivity index (χ1) is 8.04. The van der Waals surface area contributed by atoms with Crippen LogP contribution in [0.3, 0.4) is 0 Å². The Kier molecular flexibility index (Phi) is 2.79. The molecule has 1 aliphatic heterocycles. The van der Waals surface area contributed by atoms with E-state index in [9.17, 15) is 14.0 Å². The molecule has 1 heterocycles. The Hall–Kier alpha value is -1.97. The summed E-state index contributed by atoms with van der Waals surface area (Å²) in [5.41, 5.74) is 1.43. The summed E-state index contributed by atoms with van der Waals surface area (Å²) in [5, 5.41) is 0. The number of hydrogen-bond acceptors (Lipinski definition) is 2. The number of hydrogen-bond donors (Lipinski definition) is 0. The molecule has 2 rings (SSSR count). The molecule has 1 aromatic carbocycles. The van der Waals surface area contributed by atoms with Gasteiger partial charge in [-0.25, -0.2) is 4.39 Å². The van der Waals surface area contributed by atoms with Crippen LogP contribution in [-0.4, -0.2) is 18.2 Å². The molecule has 0 atom stereocenters. The summed E-state index contributed by atoms with van der Waals surface area (Å²) in [4.78, 5) is 24.7. The van der Waals surface area contributed by atoms with E-state index in [0.717, 1.165) is 5.57 Å². The summed E-state index contributed by atoms with van der Waals surface area (Å²) in [6.07, 6.45) is 0.711. The van der Waals surface area contributed by atoms with Crippen LogP contribution in [0, 0.1) is 5.82 Å². The molecule has 4 heteroatoms. The Morgan fingerprint density at radius 2 is 2.12 bits per heavy atom. The Morgan fingerprint density at radius 1 is 1.41 bits per heavy atom. The molecular formula is C13H12FNO2. The fourth-order valence-electron chi connectivity index (χ4n) is 1.76. The fraction of sp³-hybridized carbons (Fsp3) is 0.231. The van der Waals surface area contributed by atoms with Crippen molar-refractivity contribution in [3.05, 3.63) is 41.7 Å². The van der Waals surface area contributed by atoms with Gasteiger partial charge in [-0.3, -0.25) is 9.59 Å². The van der Waals surface area contributed by atoms with Crippen molar-refractivity contribution < 1.29 is 14.0 Å². The number of benzene rings is 1. The highest BCUT2D eigenvalue weighted by Crippen LogP contribution is 2.30. The minimum absolute atomic E-state index is 0.261. The first-order valence-corrected chi connectivity index (χ1v) is 5.37. The van der Waals surface area contributed by atoms with Crippen LogP contribution in [0.25, 0.3) is 0 Å². The molecule has 0 aromatic heterocycles. The van der Waals surface area contributed by atoms with E-state index in [2.05, 4.69) is 6.58 Å². The molecular weight excluding hydrogens is 221 g/mol. The molecule has 88 valence electrons. The number of Topliss-reactive ketones (excluding diaryl/α,β-unsaturated/α-hetero) is 1. The number of anilines is 1. The summed E-state index contributed by atoms with van der Waals surface area (Å²) in [5.74, 6) is -1.65. The number of rotatable bonds is 3. The molecule has 1 amide bonds. The maximum absolute atomic E-state index is 13.1. The Balaban J connectivity index is 2.42. The molecule has 0 aliphatic carbocycles. The van der Waals surface area contributed by atoms with Crippen molar-refractivity contribution in [2.75, 3.05) is 11.4 Å². The first kappa shape index (κ1) is 11.5. The number of nitrogens with zero attached hydrogens (tertiary/aromatic N) is 1. The van der Waals surface area contributed by atoms with Gasteiger partial charge in [0.25, 0.3) is 11.7 Å². The lowest BCUT2D eigenvalue weighted by atomic mass is 10.1. The van der Waals surface area contributed by atoms with Gasteiger partial charge in [0.15, 0.2) is 0 Å². The Morgan fingerprint density at radius 3 is 2.76 bits per heavy atom. The second-order valence-corrected chi connectivity index (χ2v) is 3.99. The number of amides is 1. The maximum Gasteiger partial charge on any atom is 0.299 e. The van der Waals surface area contributed by atoms with E-state index in [0.29, 0.717) is 12.1 Å². The number of carbonyl (C=O) groups excluding carboxylic acids is 2. The molecule has 0 saturated carbocycles. The summed E-state index contributed by atoms with van der Waals surface area (Å²) < 4.78 is 13.1. The van der Waals surface area contributed by atoms with Crippen LogP contribution in [-0.2, 0) is 4.79 Å². The van der Waals surface area contributed by atoms with Crippen LogP contribution >= 0.6 is 0 Å². The molecule has 0 unspecified atom stereocenters. The van der Waals surface area contributed by atoms with Crippen LogP contribution in [0.2, 0.25) is 0 Å². The SMILES string of the molecule is C=C(CC)CN1C(=O)C(=O)c2ccc(F)cc21. The molecule has 0 bridgehead atoms. The second kappa shape index (κ2) is 4.13. The van der Waals surface area contributed by atoms with Crippen LogP contribution in [0.5, 0.6) is 0 Å². The number of fused-ring (bicyclic) bond motifs is 1. The molecule has 1 aliphatic rings. The van der Waals surface area contributed by atoms with Crippen LogP contribution in [0.15, 0.2) is 30.4 Å². The van der Waals surface area contributed by atoms with Crippen molar-refractivity contribution >= 4 is 17.4 Å². The number of ketones is 1. The third kappa shape index (κ3) is 1.86. The van der Waals surface area contributed by atoms with Gasteiger partial charge >= 0.3 is 0 Å². The van der Waals surface area contributed by atoms with Gasteiger partial charge in [0.2, 0.25) is 0 Å². The highest BCUT2D eigenvalue weighted by atomic mass is 19.1. The van der Waals surface area contributed by atoms with Crippen LogP contribution < -0.4 is 4.90 Å². The van der Waals surface area contributed by atoms with E-state index >= 15 is 0 Å².